The van der Waals surface area contributed by atoms with E-state index in [-0.39, 0.29) is 12.0 Å². The van der Waals surface area contributed by atoms with Gasteiger partial charge in [-0.05, 0) is 45.4 Å². The molecule has 1 heterocycles. The quantitative estimate of drug-likeness (QED) is 0.879. The number of amides is 1. The largest absolute Gasteiger partial charge is 0.459 e. The van der Waals surface area contributed by atoms with Gasteiger partial charge >= 0.3 is 5.97 Å². The molecule has 0 spiro atoms. The summed E-state index contributed by atoms with van der Waals surface area (Å²) in [4.78, 5) is 29.5. The highest BCUT2D eigenvalue weighted by molar-refractivity contribution is 6.08. The molecule has 1 aromatic carbocycles. The summed E-state index contributed by atoms with van der Waals surface area (Å²) in [5.74, 6) is -0.604. The Kier molecular flexibility index (Phi) is 4.89. The van der Waals surface area contributed by atoms with E-state index < -0.39 is 5.97 Å². The molecule has 2 aromatic rings. The molecule has 1 amide bonds. The monoisotopic (exact) mass is 314 g/mol. The molecule has 0 fully saturated rings. The summed E-state index contributed by atoms with van der Waals surface area (Å²) in [5.41, 5.74) is 2.88. The maximum absolute atomic E-state index is 12.7. The van der Waals surface area contributed by atoms with Crippen LogP contribution in [0.2, 0.25) is 0 Å². The van der Waals surface area contributed by atoms with Crippen LogP contribution < -0.4 is 4.90 Å². The number of rotatable bonds is 4. The Morgan fingerprint density at radius 1 is 1.13 bits per heavy atom. The molecule has 0 aliphatic heterocycles. The van der Waals surface area contributed by atoms with E-state index in [1.807, 2.05) is 30.3 Å². The van der Waals surface area contributed by atoms with Crippen LogP contribution in [0.15, 0.2) is 30.3 Å². The highest BCUT2D eigenvalue weighted by Crippen LogP contribution is 2.22. The Morgan fingerprint density at radius 3 is 2.30 bits per heavy atom. The second-order valence-corrected chi connectivity index (χ2v) is 5.78. The van der Waals surface area contributed by atoms with Crippen LogP contribution in [0.3, 0.4) is 0 Å². The SMILES string of the molecule is Cc1[nH]c(C(=O)N(C)c2ccccc2)c(C)c1C(=O)OC(C)C. The minimum absolute atomic E-state index is 0.194. The Morgan fingerprint density at radius 2 is 1.74 bits per heavy atom. The van der Waals surface area contributed by atoms with E-state index in [1.165, 1.54) is 0 Å². The van der Waals surface area contributed by atoms with Gasteiger partial charge in [-0.3, -0.25) is 4.79 Å². The Labute approximate surface area is 136 Å². The number of esters is 1. The molecule has 5 heteroatoms. The third-order valence-electron chi connectivity index (χ3n) is 3.65. The van der Waals surface area contributed by atoms with Crippen molar-refractivity contribution in [3.8, 4) is 0 Å². The van der Waals surface area contributed by atoms with Gasteiger partial charge < -0.3 is 14.6 Å². The molecule has 0 radical (unpaired) electrons. The van der Waals surface area contributed by atoms with Gasteiger partial charge in [0.25, 0.3) is 5.91 Å². The maximum Gasteiger partial charge on any atom is 0.340 e. The average Bonchev–Trinajstić information content (AvgIpc) is 2.80. The number of ether oxygens (including phenoxy) is 1. The number of aryl methyl sites for hydroxylation is 1. The molecular weight excluding hydrogens is 292 g/mol. The van der Waals surface area contributed by atoms with Crippen molar-refractivity contribution in [2.45, 2.75) is 33.8 Å². The summed E-state index contributed by atoms with van der Waals surface area (Å²) in [5, 5.41) is 0. The van der Waals surface area contributed by atoms with Gasteiger partial charge in [0, 0.05) is 18.4 Å². The van der Waals surface area contributed by atoms with Gasteiger partial charge in [-0.15, -0.1) is 0 Å². The molecule has 23 heavy (non-hydrogen) atoms. The fourth-order valence-electron chi connectivity index (χ4n) is 2.48. The van der Waals surface area contributed by atoms with Crippen molar-refractivity contribution in [2.24, 2.45) is 0 Å². The van der Waals surface area contributed by atoms with Crippen molar-refractivity contribution in [3.63, 3.8) is 0 Å². The normalized spacial score (nSPS) is 10.7. The zero-order valence-corrected chi connectivity index (χ0v) is 14.1. The molecule has 1 aromatic heterocycles. The smallest absolute Gasteiger partial charge is 0.340 e. The first-order valence-corrected chi connectivity index (χ1v) is 7.56. The Bertz CT molecular complexity index is 717. The van der Waals surface area contributed by atoms with Gasteiger partial charge in [0.15, 0.2) is 0 Å². The van der Waals surface area contributed by atoms with Crippen LogP contribution in [0.25, 0.3) is 0 Å². The van der Waals surface area contributed by atoms with Crippen LogP contribution in [0.4, 0.5) is 5.69 Å². The lowest BCUT2D eigenvalue weighted by Gasteiger charge is -2.17. The van der Waals surface area contributed by atoms with E-state index >= 15 is 0 Å². The van der Waals surface area contributed by atoms with Gasteiger partial charge in [-0.2, -0.15) is 0 Å². The highest BCUT2D eigenvalue weighted by atomic mass is 16.5. The molecule has 122 valence electrons. The van der Waals surface area contributed by atoms with Crippen molar-refractivity contribution < 1.29 is 14.3 Å². The predicted octanol–water partition coefficient (Wildman–Crippen LogP) is 3.47. The number of para-hydroxylation sites is 1. The summed E-state index contributed by atoms with van der Waals surface area (Å²) < 4.78 is 5.25. The number of carbonyl (C=O) groups is 2. The second-order valence-electron chi connectivity index (χ2n) is 5.78. The number of nitrogens with one attached hydrogen (secondary N) is 1. The summed E-state index contributed by atoms with van der Waals surface area (Å²) in [7, 11) is 1.71. The molecule has 0 atom stereocenters. The summed E-state index contributed by atoms with van der Waals surface area (Å²) in [6, 6.07) is 9.36. The first-order chi connectivity index (χ1) is 10.8. The Balaban J connectivity index is 2.34. The third-order valence-corrected chi connectivity index (χ3v) is 3.65. The molecule has 0 aliphatic rings. The predicted molar refractivity (Wildman–Crippen MR) is 90.0 cm³/mol. The molecule has 0 unspecified atom stereocenters. The zero-order chi connectivity index (χ0) is 17.1. The van der Waals surface area contributed by atoms with Gasteiger partial charge in [0.05, 0.1) is 11.7 Å². The number of nitrogens with zero attached hydrogens (tertiary/aromatic N) is 1. The summed E-state index contributed by atoms with van der Waals surface area (Å²) >= 11 is 0. The van der Waals surface area contributed by atoms with Gasteiger partial charge in [0.2, 0.25) is 0 Å². The molecule has 5 nitrogen and oxygen atoms in total. The third kappa shape index (κ3) is 3.44. The lowest BCUT2D eigenvalue weighted by molar-refractivity contribution is 0.0376. The molecule has 0 aliphatic carbocycles. The van der Waals surface area contributed by atoms with Crippen molar-refractivity contribution in [3.05, 3.63) is 52.8 Å². The fourth-order valence-corrected chi connectivity index (χ4v) is 2.48. The van der Waals surface area contributed by atoms with E-state index in [1.54, 1.807) is 39.6 Å². The topological polar surface area (TPSA) is 62.4 Å². The molecular formula is C18H22N2O3. The molecule has 2 rings (SSSR count). The minimum Gasteiger partial charge on any atom is -0.459 e. The first kappa shape index (κ1) is 16.8. The van der Waals surface area contributed by atoms with E-state index in [0.717, 1.165) is 5.69 Å². The van der Waals surface area contributed by atoms with E-state index in [4.69, 9.17) is 4.74 Å². The lowest BCUT2D eigenvalue weighted by atomic mass is 10.1. The number of anilines is 1. The number of hydrogen-bond donors (Lipinski definition) is 1. The van der Waals surface area contributed by atoms with Crippen LogP contribution in [-0.4, -0.2) is 30.0 Å². The highest BCUT2D eigenvalue weighted by Gasteiger charge is 2.25. The number of hydrogen-bond acceptors (Lipinski definition) is 3. The van der Waals surface area contributed by atoms with E-state index in [9.17, 15) is 9.59 Å². The molecule has 0 saturated carbocycles. The molecule has 1 N–H and O–H groups in total. The maximum atomic E-state index is 12.7. The Hall–Kier alpha value is -2.56. The number of aromatic nitrogens is 1. The van der Waals surface area contributed by atoms with Crippen molar-refractivity contribution in [1.82, 2.24) is 4.98 Å². The number of benzene rings is 1. The number of aromatic amines is 1. The van der Waals surface area contributed by atoms with Gasteiger partial charge in [-0.25, -0.2) is 4.79 Å². The first-order valence-electron chi connectivity index (χ1n) is 7.56. The number of carbonyl (C=O) groups excluding carboxylic acids is 2. The van der Waals surface area contributed by atoms with Crippen LogP contribution in [0.5, 0.6) is 0 Å². The van der Waals surface area contributed by atoms with Crippen molar-refractivity contribution in [2.75, 3.05) is 11.9 Å². The second kappa shape index (κ2) is 6.69. The standard InChI is InChI=1S/C18H22N2O3/c1-11(2)23-18(22)15-12(3)16(19-13(15)4)17(21)20(5)14-9-7-6-8-10-14/h6-11,19H,1-5H3. The lowest BCUT2D eigenvalue weighted by Crippen LogP contribution is -2.27. The van der Waals surface area contributed by atoms with Gasteiger partial charge in [0.1, 0.15) is 5.69 Å². The average molecular weight is 314 g/mol. The minimum atomic E-state index is -0.410. The van der Waals surface area contributed by atoms with Crippen molar-refractivity contribution >= 4 is 17.6 Å². The fraction of sp³-hybridized carbons (Fsp3) is 0.333. The van der Waals surface area contributed by atoms with Gasteiger partial charge in [-0.1, -0.05) is 18.2 Å². The van der Waals surface area contributed by atoms with Crippen LogP contribution >= 0.6 is 0 Å². The molecule has 0 saturated heterocycles. The van der Waals surface area contributed by atoms with E-state index in [0.29, 0.717) is 22.5 Å². The van der Waals surface area contributed by atoms with Crippen LogP contribution in [0.1, 0.15) is 46.0 Å². The van der Waals surface area contributed by atoms with E-state index in [2.05, 4.69) is 4.98 Å². The van der Waals surface area contributed by atoms with Crippen LogP contribution in [-0.2, 0) is 4.74 Å². The summed E-state index contributed by atoms with van der Waals surface area (Å²) in [6.45, 7) is 7.12. The zero-order valence-electron chi connectivity index (χ0n) is 14.1. The molecule has 0 bridgehead atoms. The number of H-pyrrole nitrogens is 1. The summed E-state index contributed by atoms with van der Waals surface area (Å²) in [6.07, 6.45) is -0.206. The van der Waals surface area contributed by atoms with Crippen LogP contribution in [0, 0.1) is 13.8 Å². The van der Waals surface area contributed by atoms with Crippen molar-refractivity contribution in [1.29, 1.82) is 0 Å².